The van der Waals surface area contributed by atoms with E-state index in [4.69, 9.17) is 0 Å². The van der Waals surface area contributed by atoms with E-state index in [-0.39, 0.29) is 12.4 Å². The van der Waals surface area contributed by atoms with E-state index >= 15 is 0 Å². The van der Waals surface area contributed by atoms with Crippen molar-refractivity contribution in [3.05, 3.63) is 42.5 Å². The van der Waals surface area contributed by atoms with Gasteiger partial charge in [0.2, 0.25) is 10.0 Å². The summed E-state index contributed by atoms with van der Waals surface area (Å²) in [6, 6.07) is 13.0. The number of benzene rings is 2. The largest absolute Gasteiger partial charge is 0.316 e. The third-order valence-electron chi connectivity index (χ3n) is 4.00. The van der Waals surface area contributed by atoms with Gasteiger partial charge >= 0.3 is 0 Å². The summed E-state index contributed by atoms with van der Waals surface area (Å²) in [5.74, 6) is 0.378. The fourth-order valence-electron chi connectivity index (χ4n) is 2.83. The average Bonchev–Trinajstić information content (AvgIpc) is 2.53. The Labute approximate surface area is 137 Å². The van der Waals surface area contributed by atoms with Crippen molar-refractivity contribution in [2.24, 2.45) is 5.92 Å². The van der Waals surface area contributed by atoms with E-state index in [1.807, 2.05) is 30.3 Å². The van der Waals surface area contributed by atoms with Crippen molar-refractivity contribution in [1.82, 2.24) is 10.0 Å². The first-order valence-electron chi connectivity index (χ1n) is 7.35. The zero-order valence-corrected chi connectivity index (χ0v) is 13.9. The Morgan fingerprint density at radius 3 is 2.68 bits per heavy atom. The van der Waals surface area contributed by atoms with Crippen molar-refractivity contribution in [2.75, 3.05) is 19.6 Å². The van der Waals surface area contributed by atoms with Crippen LogP contribution in [-0.2, 0) is 10.0 Å². The third kappa shape index (κ3) is 3.79. The molecule has 1 atom stereocenters. The number of hydrogen-bond donors (Lipinski definition) is 2. The molecule has 1 aliphatic heterocycles. The van der Waals surface area contributed by atoms with Crippen molar-refractivity contribution in [3.63, 3.8) is 0 Å². The zero-order chi connectivity index (χ0) is 14.7. The summed E-state index contributed by atoms with van der Waals surface area (Å²) in [6.45, 7) is 2.42. The topological polar surface area (TPSA) is 58.2 Å². The summed E-state index contributed by atoms with van der Waals surface area (Å²) in [4.78, 5) is 0.365. The van der Waals surface area contributed by atoms with E-state index < -0.39 is 10.0 Å². The summed E-state index contributed by atoms with van der Waals surface area (Å²) < 4.78 is 27.9. The van der Waals surface area contributed by atoms with Gasteiger partial charge in [-0.05, 0) is 43.3 Å². The van der Waals surface area contributed by atoms with Gasteiger partial charge in [-0.15, -0.1) is 12.4 Å². The Balaban J connectivity index is 0.00000176. The number of piperidine rings is 1. The molecule has 0 aliphatic carbocycles. The molecular weight excluding hydrogens is 320 g/mol. The Bertz CT molecular complexity index is 723. The molecule has 2 N–H and O–H groups in total. The first-order valence-corrected chi connectivity index (χ1v) is 8.83. The van der Waals surface area contributed by atoms with Gasteiger partial charge in [0.05, 0.1) is 4.90 Å². The molecule has 0 radical (unpaired) electrons. The van der Waals surface area contributed by atoms with Gasteiger partial charge in [0.1, 0.15) is 0 Å². The minimum Gasteiger partial charge on any atom is -0.316 e. The van der Waals surface area contributed by atoms with E-state index in [0.29, 0.717) is 17.4 Å². The molecule has 3 rings (SSSR count). The number of fused-ring (bicyclic) bond motifs is 1. The van der Waals surface area contributed by atoms with E-state index in [1.165, 1.54) is 0 Å². The van der Waals surface area contributed by atoms with Crippen LogP contribution in [0.2, 0.25) is 0 Å². The molecule has 4 nitrogen and oxygen atoms in total. The maximum atomic E-state index is 12.6. The van der Waals surface area contributed by atoms with Gasteiger partial charge in [0.15, 0.2) is 0 Å². The van der Waals surface area contributed by atoms with Crippen LogP contribution in [0, 0.1) is 5.92 Å². The minimum absolute atomic E-state index is 0. The molecule has 22 heavy (non-hydrogen) atoms. The molecule has 120 valence electrons. The Morgan fingerprint density at radius 1 is 1.14 bits per heavy atom. The van der Waals surface area contributed by atoms with E-state index in [2.05, 4.69) is 10.0 Å². The standard InChI is InChI=1S/C16H20N2O2S.ClH/c19-21(20,18-12-13-5-4-10-17-11-13)16-9-3-7-14-6-1-2-8-15(14)16;/h1-3,6-9,13,17-18H,4-5,10-12H2;1H. The van der Waals surface area contributed by atoms with Gasteiger partial charge in [0, 0.05) is 11.9 Å². The van der Waals surface area contributed by atoms with E-state index in [9.17, 15) is 8.42 Å². The van der Waals surface area contributed by atoms with Crippen LogP contribution >= 0.6 is 12.4 Å². The highest BCUT2D eigenvalue weighted by Gasteiger charge is 2.20. The number of halogens is 1. The lowest BCUT2D eigenvalue weighted by Crippen LogP contribution is -2.38. The molecule has 1 heterocycles. The van der Waals surface area contributed by atoms with Gasteiger partial charge in [-0.1, -0.05) is 36.4 Å². The van der Waals surface area contributed by atoms with Crippen LogP contribution in [0.3, 0.4) is 0 Å². The Hall–Kier alpha value is -1.14. The van der Waals surface area contributed by atoms with E-state index in [0.717, 1.165) is 36.7 Å². The smallest absolute Gasteiger partial charge is 0.241 e. The van der Waals surface area contributed by atoms with Crippen molar-refractivity contribution >= 4 is 33.2 Å². The van der Waals surface area contributed by atoms with Crippen LogP contribution in [0.5, 0.6) is 0 Å². The fraction of sp³-hybridized carbons (Fsp3) is 0.375. The molecule has 0 saturated carbocycles. The second-order valence-electron chi connectivity index (χ2n) is 5.54. The lowest BCUT2D eigenvalue weighted by molar-refractivity contribution is 0.376. The lowest BCUT2D eigenvalue weighted by Gasteiger charge is -2.23. The minimum atomic E-state index is -3.46. The lowest BCUT2D eigenvalue weighted by atomic mass is 10.0. The maximum Gasteiger partial charge on any atom is 0.241 e. The second kappa shape index (κ2) is 7.42. The molecule has 1 unspecified atom stereocenters. The van der Waals surface area contributed by atoms with Gasteiger partial charge in [-0.2, -0.15) is 0 Å². The molecule has 0 amide bonds. The predicted molar refractivity (Wildman–Crippen MR) is 92.0 cm³/mol. The SMILES string of the molecule is Cl.O=S(=O)(NCC1CCCNC1)c1cccc2ccccc12. The summed E-state index contributed by atoms with van der Waals surface area (Å²) in [7, 11) is -3.46. The average molecular weight is 341 g/mol. The highest BCUT2D eigenvalue weighted by Crippen LogP contribution is 2.22. The van der Waals surface area contributed by atoms with Gasteiger partial charge in [-0.25, -0.2) is 13.1 Å². The Kier molecular flexibility index (Phi) is 5.81. The summed E-state index contributed by atoms with van der Waals surface area (Å²) >= 11 is 0. The highest BCUT2D eigenvalue weighted by molar-refractivity contribution is 7.89. The molecule has 0 spiro atoms. The highest BCUT2D eigenvalue weighted by atomic mass is 35.5. The molecule has 2 aromatic rings. The predicted octanol–water partition coefficient (Wildman–Crippen LogP) is 2.54. The summed E-state index contributed by atoms with van der Waals surface area (Å²) in [6.07, 6.45) is 2.19. The molecule has 1 aliphatic rings. The van der Waals surface area contributed by atoms with E-state index in [1.54, 1.807) is 12.1 Å². The number of sulfonamides is 1. The van der Waals surface area contributed by atoms with Gasteiger partial charge < -0.3 is 5.32 Å². The molecule has 6 heteroatoms. The van der Waals surface area contributed by atoms with Crippen LogP contribution in [-0.4, -0.2) is 28.1 Å². The first kappa shape index (κ1) is 17.2. The van der Waals surface area contributed by atoms with Crippen LogP contribution in [0.1, 0.15) is 12.8 Å². The Morgan fingerprint density at radius 2 is 1.91 bits per heavy atom. The molecular formula is C16H21ClN2O2S. The van der Waals surface area contributed by atoms with Gasteiger partial charge in [-0.3, -0.25) is 0 Å². The number of nitrogens with one attached hydrogen (secondary N) is 2. The summed E-state index contributed by atoms with van der Waals surface area (Å²) in [5.41, 5.74) is 0. The molecule has 0 aromatic heterocycles. The van der Waals surface area contributed by atoms with Crippen molar-refractivity contribution < 1.29 is 8.42 Å². The van der Waals surface area contributed by atoms with Crippen molar-refractivity contribution in [3.8, 4) is 0 Å². The molecule has 1 fully saturated rings. The van der Waals surface area contributed by atoms with Gasteiger partial charge in [0.25, 0.3) is 0 Å². The first-order chi connectivity index (χ1) is 10.2. The van der Waals surface area contributed by atoms with Crippen LogP contribution in [0.25, 0.3) is 10.8 Å². The number of rotatable bonds is 4. The van der Waals surface area contributed by atoms with Crippen LogP contribution in [0.15, 0.2) is 47.4 Å². The monoisotopic (exact) mass is 340 g/mol. The van der Waals surface area contributed by atoms with Crippen molar-refractivity contribution in [2.45, 2.75) is 17.7 Å². The number of hydrogen-bond acceptors (Lipinski definition) is 3. The molecule has 0 bridgehead atoms. The quantitative estimate of drug-likeness (QED) is 0.899. The zero-order valence-electron chi connectivity index (χ0n) is 12.3. The second-order valence-corrected chi connectivity index (χ2v) is 7.28. The van der Waals surface area contributed by atoms with Crippen LogP contribution in [0.4, 0.5) is 0 Å². The normalized spacial score (nSPS) is 18.8. The van der Waals surface area contributed by atoms with Crippen molar-refractivity contribution in [1.29, 1.82) is 0 Å². The fourth-order valence-corrected chi connectivity index (χ4v) is 4.18. The molecule has 1 saturated heterocycles. The maximum absolute atomic E-state index is 12.6. The van der Waals surface area contributed by atoms with Crippen LogP contribution < -0.4 is 10.0 Å². The third-order valence-corrected chi connectivity index (χ3v) is 5.48. The molecule has 2 aromatic carbocycles. The summed E-state index contributed by atoms with van der Waals surface area (Å²) in [5, 5.41) is 5.02.